The van der Waals surface area contributed by atoms with E-state index in [4.69, 9.17) is 4.52 Å². The van der Waals surface area contributed by atoms with Gasteiger partial charge in [0.05, 0.1) is 11.6 Å². The molecule has 1 saturated heterocycles. The van der Waals surface area contributed by atoms with E-state index in [1.165, 1.54) is 12.1 Å². The summed E-state index contributed by atoms with van der Waals surface area (Å²) in [5.41, 5.74) is -0.496. The van der Waals surface area contributed by atoms with E-state index in [9.17, 15) is 18.0 Å². The Morgan fingerprint density at radius 1 is 1.29 bits per heavy atom. The van der Waals surface area contributed by atoms with E-state index >= 15 is 0 Å². The zero-order chi connectivity index (χ0) is 20.5. The molecule has 1 aromatic carbocycles. The van der Waals surface area contributed by atoms with Crippen LogP contribution in [0, 0.1) is 5.92 Å². The van der Waals surface area contributed by atoms with Gasteiger partial charge in [0.15, 0.2) is 0 Å². The third-order valence-electron chi connectivity index (χ3n) is 5.11. The van der Waals surface area contributed by atoms with Crippen LogP contribution >= 0.6 is 0 Å². The fraction of sp³-hybridized carbons (Fsp3) is 0.526. The molecule has 1 fully saturated rings. The minimum absolute atomic E-state index is 0.0156. The van der Waals surface area contributed by atoms with E-state index < -0.39 is 11.7 Å². The molecule has 1 atom stereocenters. The van der Waals surface area contributed by atoms with E-state index in [-0.39, 0.29) is 29.3 Å². The van der Waals surface area contributed by atoms with Gasteiger partial charge in [0.2, 0.25) is 17.6 Å². The normalized spacial score (nSPS) is 17.5. The predicted octanol–water partition coefficient (Wildman–Crippen LogP) is 3.62. The highest BCUT2D eigenvalue weighted by Crippen LogP contribution is 2.32. The van der Waals surface area contributed by atoms with Gasteiger partial charge in [0.25, 0.3) is 0 Å². The number of carbonyl (C=O) groups is 1. The lowest BCUT2D eigenvalue weighted by Crippen LogP contribution is -2.41. The molecule has 1 aliphatic heterocycles. The lowest BCUT2D eigenvalue weighted by molar-refractivity contribution is -0.137. The maximum Gasteiger partial charge on any atom is 0.416 e. The lowest BCUT2D eigenvalue weighted by Gasteiger charge is -2.34. The topological polar surface area (TPSA) is 62.5 Å². The maximum atomic E-state index is 12.9. The van der Waals surface area contributed by atoms with Crippen molar-refractivity contribution in [3.8, 4) is 11.4 Å². The number of nitrogens with zero attached hydrogens (tertiary/aromatic N) is 4. The standard InChI is InChI=1S/C19H23F3N4O2/c1-12(26-9-7-13(8-10-26)18(27)25(2)3)17-23-16(24-28-17)14-5-4-6-15(11-14)19(20,21)22/h4-6,11-13H,7-10H2,1-3H3. The van der Waals surface area contributed by atoms with Gasteiger partial charge >= 0.3 is 6.18 Å². The molecule has 6 nitrogen and oxygen atoms in total. The Bertz CT molecular complexity index is 827. The fourth-order valence-electron chi connectivity index (χ4n) is 3.41. The molecule has 1 aromatic heterocycles. The van der Waals surface area contributed by atoms with E-state index in [1.807, 2.05) is 6.92 Å². The first-order valence-corrected chi connectivity index (χ1v) is 9.13. The number of alkyl halides is 3. The van der Waals surface area contributed by atoms with Crippen LogP contribution in [0.4, 0.5) is 13.2 Å². The third kappa shape index (κ3) is 4.35. The summed E-state index contributed by atoms with van der Waals surface area (Å²) < 4.78 is 44.0. The molecule has 1 amide bonds. The molecule has 2 aromatic rings. The lowest BCUT2D eigenvalue weighted by atomic mass is 9.94. The fourth-order valence-corrected chi connectivity index (χ4v) is 3.41. The summed E-state index contributed by atoms with van der Waals surface area (Å²) in [6, 6.07) is 4.68. The number of halogens is 3. The summed E-state index contributed by atoms with van der Waals surface area (Å²) in [6.07, 6.45) is -2.93. The Morgan fingerprint density at radius 3 is 2.57 bits per heavy atom. The number of likely N-dealkylation sites (tertiary alicyclic amines) is 1. The quantitative estimate of drug-likeness (QED) is 0.790. The second-order valence-corrected chi connectivity index (χ2v) is 7.25. The molecule has 152 valence electrons. The first kappa shape index (κ1) is 20.3. The molecule has 0 N–H and O–H groups in total. The highest BCUT2D eigenvalue weighted by atomic mass is 19.4. The van der Waals surface area contributed by atoms with Crippen molar-refractivity contribution in [2.45, 2.75) is 32.0 Å². The monoisotopic (exact) mass is 396 g/mol. The van der Waals surface area contributed by atoms with Crippen molar-refractivity contribution < 1.29 is 22.5 Å². The van der Waals surface area contributed by atoms with E-state index in [2.05, 4.69) is 15.0 Å². The molecule has 1 unspecified atom stereocenters. The summed E-state index contributed by atoms with van der Waals surface area (Å²) >= 11 is 0. The Hall–Kier alpha value is -2.42. The summed E-state index contributed by atoms with van der Waals surface area (Å²) in [4.78, 5) is 20.1. The number of rotatable bonds is 4. The van der Waals surface area contributed by atoms with Crippen LogP contribution in [0.5, 0.6) is 0 Å². The van der Waals surface area contributed by atoms with Crippen LogP contribution in [0.1, 0.15) is 37.3 Å². The van der Waals surface area contributed by atoms with Crippen LogP contribution in [0.15, 0.2) is 28.8 Å². The van der Waals surface area contributed by atoms with Crippen LogP contribution < -0.4 is 0 Å². The van der Waals surface area contributed by atoms with Crippen molar-refractivity contribution in [1.29, 1.82) is 0 Å². The molecule has 0 radical (unpaired) electrons. The van der Waals surface area contributed by atoms with Crippen molar-refractivity contribution in [3.05, 3.63) is 35.7 Å². The summed E-state index contributed by atoms with van der Waals surface area (Å²) in [5.74, 6) is 0.633. The predicted molar refractivity (Wildman–Crippen MR) is 96.1 cm³/mol. The number of carbonyl (C=O) groups excluding carboxylic acids is 1. The van der Waals surface area contributed by atoms with Crippen molar-refractivity contribution >= 4 is 5.91 Å². The molecule has 28 heavy (non-hydrogen) atoms. The van der Waals surface area contributed by atoms with Crippen LogP contribution in [0.25, 0.3) is 11.4 Å². The van der Waals surface area contributed by atoms with Gasteiger partial charge in [-0.3, -0.25) is 9.69 Å². The van der Waals surface area contributed by atoms with Crippen molar-refractivity contribution in [1.82, 2.24) is 19.9 Å². The minimum atomic E-state index is -4.43. The summed E-state index contributed by atoms with van der Waals surface area (Å²) in [5, 5.41) is 3.85. The Labute approximate surface area is 161 Å². The molecule has 2 heterocycles. The van der Waals surface area contributed by atoms with Crippen LogP contribution in [0.3, 0.4) is 0 Å². The molecule has 0 bridgehead atoms. The Morgan fingerprint density at radius 2 is 1.96 bits per heavy atom. The molecule has 3 rings (SSSR count). The maximum absolute atomic E-state index is 12.9. The first-order valence-electron chi connectivity index (χ1n) is 9.13. The highest BCUT2D eigenvalue weighted by molar-refractivity contribution is 5.78. The summed E-state index contributed by atoms with van der Waals surface area (Å²) in [7, 11) is 3.51. The molecule has 0 saturated carbocycles. The number of amides is 1. The van der Waals surface area contributed by atoms with Gasteiger partial charge in [0, 0.05) is 25.6 Å². The van der Waals surface area contributed by atoms with Crippen molar-refractivity contribution in [3.63, 3.8) is 0 Å². The molecular weight excluding hydrogens is 373 g/mol. The molecular formula is C19H23F3N4O2. The average molecular weight is 396 g/mol. The molecule has 0 spiro atoms. The van der Waals surface area contributed by atoms with Gasteiger partial charge in [0.1, 0.15) is 0 Å². The number of benzene rings is 1. The zero-order valence-electron chi connectivity index (χ0n) is 16.0. The second kappa shape index (κ2) is 7.90. The largest absolute Gasteiger partial charge is 0.416 e. The SMILES string of the molecule is CC(c1nc(-c2cccc(C(F)(F)F)c2)no1)N1CCC(C(=O)N(C)C)CC1. The smallest absolute Gasteiger partial charge is 0.349 e. The van der Waals surface area contributed by atoms with Gasteiger partial charge in [-0.25, -0.2) is 0 Å². The Kier molecular flexibility index (Phi) is 5.74. The Balaban J connectivity index is 1.68. The van der Waals surface area contributed by atoms with Crippen molar-refractivity contribution in [2.75, 3.05) is 27.2 Å². The first-order chi connectivity index (χ1) is 13.2. The second-order valence-electron chi connectivity index (χ2n) is 7.25. The van der Waals surface area contributed by atoms with Gasteiger partial charge in [-0.1, -0.05) is 17.3 Å². The third-order valence-corrected chi connectivity index (χ3v) is 5.11. The number of hydrogen-bond acceptors (Lipinski definition) is 5. The van der Waals surface area contributed by atoms with Crippen LogP contribution in [0.2, 0.25) is 0 Å². The van der Waals surface area contributed by atoms with Gasteiger partial charge in [-0.2, -0.15) is 18.2 Å². The van der Waals surface area contributed by atoms with E-state index in [0.717, 1.165) is 25.0 Å². The number of piperidine rings is 1. The molecule has 9 heteroatoms. The average Bonchev–Trinajstić information content (AvgIpc) is 3.16. The summed E-state index contributed by atoms with van der Waals surface area (Å²) in [6.45, 7) is 3.34. The number of hydrogen-bond donors (Lipinski definition) is 0. The van der Waals surface area contributed by atoms with Gasteiger partial charge in [-0.15, -0.1) is 0 Å². The molecule has 1 aliphatic rings. The van der Waals surface area contributed by atoms with Gasteiger partial charge in [-0.05, 0) is 45.0 Å². The van der Waals surface area contributed by atoms with Crippen LogP contribution in [-0.4, -0.2) is 53.0 Å². The van der Waals surface area contributed by atoms with Gasteiger partial charge < -0.3 is 9.42 Å². The van der Waals surface area contributed by atoms with Crippen LogP contribution in [-0.2, 0) is 11.0 Å². The minimum Gasteiger partial charge on any atom is -0.349 e. The molecule has 0 aliphatic carbocycles. The van der Waals surface area contributed by atoms with E-state index in [0.29, 0.717) is 19.0 Å². The van der Waals surface area contributed by atoms with Crippen molar-refractivity contribution in [2.24, 2.45) is 5.92 Å². The highest BCUT2D eigenvalue weighted by Gasteiger charge is 2.32. The van der Waals surface area contributed by atoms with E-state index in [1.54, 1.807) is 19.0 Å². The zero-order valence-corrected chi connectivity index (χ0v) is 16.0. The number of aromatic nitrogens is 2.